The fraction of sp³-hybridized carbons (Fsp3) is 0.375. The maximum absolute atomic E-state index is 9.57. The molecule has 7 heteroatoms. The van der Waals surface area contributed by atoms with Crippen LogP contribution in [0.2, 0.25) is 5.02 Å². The molecule has 5 nitrogen and oxygen atoms in total. The van der Waals surface area contributed by atoms with Crippen LogP contribution >= 0.6 is 22.9 Å². The normalized spacial score (nSPS) is 21.7. The minimum Gasteiger partial charge on any atom is -0.393 e. The number of fused-ring (bicyclic) bond motifs is 1. The van der Waals surface area contributed by atoms with E-state index in [0.29, 0.717) is 11.1 Å². The van der Waals surface area contributed by atoms with Gasteiger partial charge in [0.2, 0.25) is 10.1 Å². The Kier molecular flexibility index (Phi) is 3.97. The van der Waals surface area contributed by atoms with Crippen LogP contribution in [0, 0.1) is 0 Å². The third kappa shape index (κ3) is 3.06. The molecule has 0 amide bonds. The van der Waals surface area contributed by atoms with Crippen LogP contribution in [-0.4, -0.2) is 31.9 Å². The molecule has 4 rings (SSSR count). The van der Waals surface area contributed by atoms with Gasteiger partial charge in [0.1, 0.15) is 0 Å². The van der Waals surface area contributed by atoms with E-state index in [1.165, 1.54) is 11.3 Å². The third-order valence-electron chi connectivity index (χ3n) is 4.22. The summed E-state index contributed by atoms with van der Waals surface area (Å²) in [5, 5.41) is 19.2. The summed E-state index contributed by atoms with van der Waals surface area (Å²) in [4.78, 5) is 5.47. The Hall–Kier alpha value is -1.63. The van der Waals surface area contributed by atoms with Crippen LogP contribution in [-0.2, 0) is 0 Å². The Balaban J connectivity index is 1.54. The van der Waals surface area contributed by atoms with Crippen molar-refractivity contribution in [1.82, 2.24) is 14.6 Å². The molecule has 0 spiro atoms. The number of imidazole rings is 1. The van der Waals surface area contributed by atoms with Crippen molar-refractivity contribution < 1.29 is 5.11 Å². The topological polar surface area (TPSA) is 62.5 Å². The van der Waals surface area contributed by atoms with Crippen molar-refractivity contribution in [2.24, 2.45) is 0 Å². The van der Waals surface area contributed by atoms with Gasteiger partial charge in [-0.2, -0.15) is 0 Å². The number of hydrogen-bond acceptors (Lipinski definition) is 5. The first-order valence-electron chi connectivity index (χ1n) is 7.75. The van der Waals surface area contributed by atoms with Gasteiger partial charge >= 0.3 is 0 Å². The zero-order chi connectivity index (χ0) is 15.8. The highest BCUT2D eigenvalue weighted by molar-refractivity contribution is 7.20. The van der Waals surface area contributed by atoms with Gasteiger partial charge in [-0.05, 0) is 31.7 Å². The predicted molar refractivity (Wildman–Crippen MR) is 93.2 cm³/mol. The van der Waals surface area contributed by atoms with E-state index in [-0.39, 0.29) is 6.10 Å². The third-order valence-corrected chi connectivity index (χ3v) is 5.40. The molecule has 0 atom stereocenters. The molecule has 3 aromatic rings. The molecule has 0 aliphatic heterocycles. The van der Waals surface area contributed by atoms with Gasteiger partial charge in [-0.15, -0.1) is 5.10 Å². The van der Waals surface area contributed by atoms with Gasteiger partial charge in [0.05, 0.1) is 23.0 Å². The molecule has 0 radical (unpaired) electrons. The largest absolute Gasteiger partial charge is 0.393 e. The molecule has 0 unspecified atom stereocenters. The summed E-state index contributed by atoms with van der Waals surface area (Å²) in [5.74, 6) is 0. The number of aromatic nitrogens is 3. The summed E-state index contributed by atoms with van der Waals surface area (Å²) in [6, 6.07) is 8.07. The molecule has 23 heavy (non-hydrogen) atoms. The summed E-state index contributed by atoms with van der Waals surface area (Å²) < 4.78 is 1.79. The lowest BCUT2D eigenvalue weighted by molar-refractivity contribution is 0.126. The van der Waals surface area contributed by atoms with Gasteiger partial charge in [-0.25, -0.2) is 9.50 Å². The Morgan fingerprint density at radius 1 is 1.22 bits per heavy atom. The molecular weight excluding hydrogens is 332 g/mol. The van der Waals surface area contributed by atoms with Crippen molar-refractivity contribution >= 4 is 33.0 Å². The van der Waals surface area contributed by atoms with Gasteiger partial charge in [-0.3, -0.25) is 0 Å². The van der Waals surface area contributed by atoms with Crippen LogP contribution in [0.25, 0.3) is 16.2 Å². The van der Waals surface area contributed by atoms with Crippen molar-refractivity contribution in [2.45, 2.75) is 37.8 Å². The summed E-state index contributed by atoms with van der Waals surface area (Å²) in [5.41, 5.74) is 1.75. The van der Waals surface area contributed by atoms with Crippen LogP contribution in [0.4, 0.5) is 5.13 Å². The number of aliphatic hydroxyl groups is 1. The predicted octanol–water partition coefficient (Wildman–Crippen LogP) is 3.83. The molecule has 1 fully saturated rings. The minimum atomic E-state index is -0.139. The molecule has 1 saturated carbocycles. The fourth-order valence-corrected chi connectivity index (χ4v) is 4.04. The van der Waals surface area contributed by atoms with Crippen molar-refractivity contribution in [3.8, 4) is 11.3 Å². The first-order valence-corrected chi connectivity index (χ1v) is 8.94. The second-order valence-corrected chi connectivity index (χ2v) is 7.25. The lowest BCUT2D eigenvalue weighted by Crippen LogP contribution is -2.28. The molecule has 1 aliphatic rings. The number of aliphatic hydroxyl groups excluding tert-OH is 1. The molecule has 0 saturated heterocycles. The van der Waals surface area contributed by atoms with Crippen molar-refractivity contribution in [1.29, 1.82) is 0 Å². The highest BCUT2D eigenvalue weighted by Crippen LogP contribution is 2.30. The van der Waals surface area contributed by atoms with E-state index in [1.54, 1.807) is 4.52 Å². The maximum atomic E-state index is 9.57. The monoisotopic (exact) mass is 348 g/mol. The number of anilines is 1. The second kappa shape index (κ2) is 6.11. The van der Waals surface area contributed by atoms with Crippen molar-refractivity contribution in [3.63, 3.8) is 0 Å². The summed E-state index contributed by atoms with van der Waals surface area (Å²) in [7, 11) is 0. The van der Waals surface area contributed by atoms with E-state index in [2.05, 4.69) is 15.4 Å². The molecule has 1 aliphatic carbocycles. The number of nitrogens with one attached hydrogen (secondary N) is 1. The standard InChI is InChI=1S/C16H17ClN4OS/c17-13-4-2-1-3-12(13)14-9-21-16(19-14)23-15(20-21)18-10-5-7-11(22)8-6-10/h1-4,9-11,22H,5-8H2,(H,18,20). The second-order valence-electron chi connectivity index (χ2n) is 5.89. The van der Waals surface area contributed by atoms with E-state index < -0.39 is 0 Å². The Bertz CT molecular complexity index is 791. The first-order chi connectivity index (χ1) is 11.2. The minimum absolute atomic E-state index is 0.139. The fourth-order valence-electron chi connectivity index (χ4n) is 2.95. The highest BCUT2D eigenvalue weighted by atomic mass is 35.5. The Morgan fingerprint density at radius 2 is 2.00 bits per heavy atom. The zero-order valence-electron chi connectivity index (χ0n) is 12.4. The van der Waals surface area contributed by atoms with Crippen LogP contribution < -0.4 is 5.32 Å². The average molecular weight is 349 g/mol. The summed E-state index contributed by atoms with van der Waals surface area (Å²) >= 11 is 7.76. The van der Waals surface area contributed by atoms with E-state index in [9.17, 15) is 5.11 Å². The van der Waals surface area contributed by atoms with Crippen LogP contribution in [0.5, 0.6) is 0 Å². The molecule has 1 aromatic carbocycles. The maximum Gasteiger partial charge on any atom is 0.214 e. The number of rotatable bonds is 3. The zero-order valence-corrected chi connectivity index (χ0v) is 14.0. The number of halogens is 1. The molecular formula is C16H17ClN4OS. The van der Waals surface area contributed by atoms with Gasteiger partial charge < -0.3 is 10.4 Å². The van der Waals surface area contributed by atoms with E-state index >= 15 is 0 Å². The van der Waals surface area contributed by atoms with Crippen LogP contribution in [0.3, 0.4) is 0 Å². The number of nitrogens with zero attached hydrogens (tertiary/aromatic N) is 3. The first kappa shape index (κ1) is 14.9. The number of hydrogen-bond donors (Lipinski definition) is 2. The lowest BCUT2D eigenvalue weighted by atomic mass is 9.93. The Labute approximate surface area is 142 Å². The van der Waals surface area contributed by atoms with Gasteiger partial charge in [0.25, 0.3) is 0 Å². The van der Waals surface area contributed by atoms with Crippen molar-refractivity contribution in [2.75, 3.05) is 5.32 Å². The van der Waals surface area contributed by atoms with Crippen LogP contribution in [0.15, 0.2) is 30.5 Å². The SMILES string of the molecule is OC1CCC(Nc2nn3cc(-c4ccccc4Cl)nc3s2)CC1. The molecule has 0 bridgehead atoms. The van der Waals surface area contributed by atoms with E-state index in [4.69, 9.17) is 11.6 Å². The van der Waals surface area contributed by atoms with Gasteiger partial charge in [0.15, 0.2) is 0 Å². The molecule has 120 valence electrons. The smallest absolute Gasteiger partial charge is 0.214 e. The van der Waals surface area contributed by atoms with Crippen molar-refractivity contribution in [3.05, 3.63) is 35.5 Å². The highest BCUT2D eigenvalue weighted by Gasteiger charge is 2.20. The summed E-state index contributed by atoms with van der Waals surface area (Å²) in [6.45, 7) is 0. The average Bonchev–Trinajstić information content (AvgIpc) is 3.08. The molecule has 2 N–H and O–H groups in total. The Morgan fingerprint density at radius 3 is 2.74 bits per heavy atom. The number of benzene rings is 1. The van der Waals surface area contributed by atoms with Gasteiger partial charge in [-0.1, -0.05) is 41.1 Å². The van der Waals surface area contributed by atoms with E-state index in [1.807, 2.05) is 30.5 Å². The lowest BCUT2D eigenvalue weighted by Gasteiger charge is -2.25. The van der Waals surface area contributed by atoms with Gasteiger partial charge in [0, 0.05) is 11.6 Å². The molecule has 2 aromatic heterocycles. The molecule has 2 heterocycles. The van der Waals surface area contributed by atoms with Crippen LogP contribution in [0.1, 0.15) is 25.7 Å². The van der Waals surface area contributed by atoms with E-state index in [0.717, 1.165) is 47.0 Å². The quantitative estimate of drug-likeness (QED) is 0.755. The summed E-state index contributed by atoms with van der Waals surface area (Å²) in [6.07, 6.45) is 5.44.